The van der Waals surface area contributed by atoms with Crippen molar-refractivity contribution in [2.45, 2.75) is 12.1 Å². The van der Waals surface area contributed by atoms with Gasteiger partial charge < -0.3 is 15.3 Å². The quantitative estimate of drug-likeness (QED) is 0.743. The molecule has 1 aromatic rings. The fourth-order valence-electron chi connectivity index (χ4n) is 1.98. The van der Waals surface area contributed by atoms with Gasteiger partial charge in [0, 0.05) is 25.7 Å². The molecule has 0 bridgehead atoms. The van der Waals surface area contributed by atoms with Crippen LogP contribution in [-0.4, -0.2) is 48.2 Å². The summed E-state index contributed by atoms with van der Waals surface area (Å²) in [7, 11) is 1.73. The Kier molecular flexibility index (Phi) is 3.22. The van der Waals surface area contributed by atoms with E-state index in [1.54, 1.807) is 24.1 Å². The Bertz CT molecular complexity index is 367. The van der Waals surface area contributed by atoms with Crippen LogP contribution in [0.2, 0.25) is 0 Å². The number of benzene rings is 1. The first-order chi connectivity index (χ1) is 7.70. The summed E-state index contributed by atoms with van der Waals surface area (Å²) in [5, 5.41) is 12.8. The number of rotatable bonds is 2. The molecule has 86 valence electrons. The van der Waals surface area contributed by atoms with Crippen molar-refractivity contribution in [1.29, 1.82) is 0 Å². The highest BCUT2D eigenvalue weighted by atomic mass is 16.3. The first-order valence-electron chi connectivity index (χ1n) is 5.41. The van der Waals surface area contributed by atoms with Crippen LogP contribution in [0.5, 0.6) is 0 Å². The maximum atomic E-state index is 12.1. The summed E-state index contributed by atoms with van der Waals surface area (Å²) in [6, 6.07) is 8.99. The van der Waals surface area contributed by atoms with E-state index in [2.05, 4.69) is 5.32 Å². The Hall–Kier alpha value is -1.39. The molecule has 2 atom stereocenters. The molecule has 4 nitrogen and oxygen atoms in total. The molecule has 1 aliphatic rings. The number of hydrogen-bond donors (Lipinski definition) is 2. The summed E-state index contributed by atoms with van der Waals surface area (Å²) in [4.78, 5) is 13.7. The second-order valence-electron chi connectivity index (χ2n) is 4.08. The predicted octanol–water partition coefficient (Wildman–Crippen LogP) is 0.0913. The van der Waals surface area contributed by atoms with Crippen molar-refractivity contribution in [3.05, 3.63) is 35.9 Å². The first kappa shape index (κ1) is 11.1. The fraction of sp³-hybridized carbons (Fsp3) is 0.417. The molecule has 1 amide bonds. The van der Waals surface area contributed by atoms with Crippen LogP contribution in [0.15, 0.2) is 30.3 Å². The van der Waals surface area contributed by atoms with Crippen molar-refractivity contribution < 1.29 is 9.90 Å². The van der Waals surface area contributed by atoms with E-state index in [1.165, 1.54) is 0 Å². The molecule has 16 heavy (non-hydrogen) atoms. The average molecular weight is 220 g/mol. The van der Waals surface area contributed by atoms with Crippen LogP contribution in [0.25, 0.3) is 0 Å². The molecule has 0 spiro atoms. The largest absolute Gasteiger partial charge is 0.390 e. The zero-order valence-electron chi connectivity index (χ0n) is 9.26. The van der Waals surface area contributed by atoms with Crippen LogP contribution < -0.4 is 5.32 Å². The Labute approximate surface area is 94.9 Å². The van der Waals surface area contributed by atoms with E-state index in [1.807, 2.05) is 18.2 Å². The van der Waals surface area contributed by atoms with Gasteiger partial charge in [-0.1, -0.05) is 18.2 Å². The monoisotopic (exact) mass is 220 g/mol. The standard InChI is InChI=1S/C12H16N2O2/c1-14(10-7-13-8-11(10)15)12(16)9-5-3-2-4-6-9/h2-6,10-11,13,15H,7-8H2,1H3/t10-,11-/m0/s1. The summed E-state index contributed by atoms with van der Waals surface area (Å²) < 4.78 is 0. The lowest BCUT2D eigenvalue weighted by molar-refractivity contribution is 0.0581. The van der Waals surface area contributed by atoms with Gasteiger partial charge in [-0.2, -0.15) is 0 Å². The molecule has 1 aliphatic heterocycles. The van der Waals surface area contributed by atoms with Crippen molar-refractivity contribution in [1.82, 2.24) is 10.2 Å². The molecule has 0 aliphatic carbocycles. The number of aliphatic hydroxyl groups excluding tert-OH is 1. The lowest BCUT2D eigenvalue weighted by Crippen LogP contribution is -2.44. The normalized spacial score (nSPS) is 24.4. The molecule has 1 saturated heterocycles. The minimum atomic E-state index is -0.474. The number of hydrogen-bond acceptors (Lipinski definition) is 3. The molecule has 1 fully saturated rings. The molecule has 1 heterocycles. The van der Waals surface area contributed by atoms with Crippen molar-refractivity contribution in [2.24, 2.45) is 0 Å². The zero-order chi connectivity index (χ0) is 11.5. The second-order valence-corrected chi connectivity index (χ2v) is 4.08. The van der Waals surface area contributed by atoms with Crippen molar-refractivity contribution in [2.75, 3.05) is 20.1 Å². The molecular weight excluding hydrogens is 204 g/mol. The van der Waals surface area contributed by atoms with Gasteiger partial charge in [0.25, 0.3) is 5.91 Å². The van der Waals surface area contributed by atoms with Crippen LogP contribution >= 0.6 is 0 Å². The lowest BCUT2D eigenvalue weighted by Gasteiger charge is -2.26. The highest BCUT2D eigenvalue weighted by Gasteiger charge is 2.31. The second kappa shape index (κ2) is 4.63. The molecule has 0 radical (unpaired) electrons. The number of amides is 1. The van der Waals surface area contributed by atoms with Crippen LogP contribution in [-0.2, 0) is 0 Å². The number of carbonyl (C=O) groups is 1. The van der Waals surface area contributed by atoms with E-state index in [-0.39, 0.29) is 11.9 Å². The molecule has 0 unspecified atom stereocenters. The van der Waals surface area contributed by atoms with Gasteiger partial charge in [0.05, 0.1) is 12.1 Å². The van der Waals surface area contributed by atoms with Gasteiger partial charge in [-0.25, -0.2) is 0 Å². The van der Waals surface area contributed by atoms with Gasteiger partial charge in [-0.3, -0.25) is 4.79 Å². The molecule has 4 heteroatoms. The molecule has 2 N–H and O–H groups in total. The van der Waals surface area contributed by atoms with Gasteiger partial charge in [0.1, 0.15) is 0 Å². The van der Waals surface area contributed by atoms with Gasteiger partial charge in [-0.05, 0) is 12.1 Å². The Morgan fingerprint density at radius 3 is 2.62 bits per heavy atom. The van der Waals surface area contributed by atoms with Crippen LogP contribution in [0.1, 0.15) is 10.4 Å². The number of aliphatic hydroxyl groups is 1. The smallest absolute Gasteiger partial charge is 0.253 e. The Morgan fingerprint density at radius 1 is 1.38 bits per heavy atom. The summed E-state index contributed by atoms with van der Waals surface area (Å²) in [5.74, 6) is -0.0478. The topological polar surface area (TPSA) is 52.6 Å². The van der Waals surface area contributed by atoms with E-state index >= 15 is 0 Å². The van der Waals surface area contributed by atoms with Crippen molar-refractivity contribution >= 4 is 5.91 Å². The lowest BCUT2D eigenvalue weighted by atomic mass is 10.1. The third kappa shape index (κ3) is 2.08. The third-order valence-electron chi connectivity index (χ3n) is 2.99. The minimum absolute atomic E-state index is 0.0478. The van der Waals surface area contributed by atoms with E-state index in [4.69, 9.17) is 0 Å². The molecule has 1 aromatic carbocycles. The Balaban J connectivity index is 2.10. The number of carbonyl (C=O) groups excluding carboxylic acids is 1. The molecule has 0 saturated carbocycles. The molecule has 2 rings (SSSR count). The highest BCUT2D eigenvalue weighted by Crippen LogP contribution is 2.11. The zero-order valence-corrected chi connectivity index (χ0v) is 9.26. The summed E-state index contributed by atoms with van der Waals surface area (Å²) in [5.41, 5.74) is 0.657. The minimum Gasteiger partial charge on any atom is -0.390 e. The predicted molar refractivity (Wildman–Crippen MR) is 61.2 cm³/mol. The molecular formula is C12H16N2O2. The Morgan fingerprint density at radius 2 is 2.06 bits per heavy atom. The van der Waals surface area contributed by atoms with E-state index in [0.29, 0.717) is 18.7 Å². The van der Waals surface area contributed by atoms with E-state index in [9.17, 15) is 9.90 Å². The van der Waals surface area contributed by atoms with Crippen molar-refractivity contribution in [3.8, 4) is 0 Å². The first-order valence-corrected chi connectivity index (χ1v) is 5.41. The van der Waals surface area contributed by atoms with Crippen LogP contribution in [0, 0.1) is 0 Å². The average Bonchev–Trinajstić information content (AvgIpc) is 2.75. The SMILES string of the molecule is CN(C(=O)c1ccccc1)[C@H]1CNC[C@@H]1O. The third-order valence-corrected chi connectivity index (χ3v) is 2.99. The number of β-amino-alcohol motifs (C(OH)–C–C–N with tert-alkyl or cyclic N) is 1. The van der Waals surface area contributed by atoms with Gasteiger partial charge in [0.2, 0.25) is 0 Å². The highest BCUT2D eigenvalue weighted by molar-refractivity contribution is 5.94. The summed E-state index contributed by atoms with van der Waals surface area (Å²) >= 11 is 0. The van der Waals surface area contributed by atoms with E-state index < -0.39 is 6.10 Å². The van der Waals surface area contributed by atoms with Crippen molar-refractivity contribution in [3.63, 3.8) is 0 Å². The number of likely N-dealkylation sites (N-methyl/N-ethyl adjacent to an activating group) is 1. The van der Waals surface area contributed by atoms with Gasteiger partial charge in [0.15, 0.2) is 0 Å². The summed E-state index contributed by atoms with van der Waals surface area (Å²) in [6.45, 7) is 1.20. The molecule has 0 aromatic heterocycles. The van der Waals surface area contributed by atoms with Gasteiger partial charge >= 0.3 is 0 Å². The summed E-state index contributed by atoms with van der Waals surface area (Å²) in [6.07, 6.45) is -0.474. The number of nitrogens with one attached hydrogen (secondary N) is 1. The maximum Gasteiger partial charge on any atom is 0.253 e. The fourth-order valence-corrected chi connectivity index (χ4v) is 1.98. The van der Waals surface area contributed by atoms with Crippen LogP contribution in [0.3, 0.4) is 0 Å². The number of nitrogens with zero attached hydrogens (tertiary/aromatic N) is 1. The maximum absolute atomic E-state index is 12.1. The van der Waals surface area contributed by atoms with Crippen LogP contribution in [0.4, 0.5) is 0 Å². The van der Waals surface area contributed by atoms with E-state index in [0.717, 1.165) is 0 Å². The van der Waals surface area contributed by atoms with Gasteiger partial charge in [-0.15, -0.1) is 0 Å².